The lowest BCUT2D eigenvalue weighted by molar-refractivity contribution is 0.100. The first-order valence-corrected chi connectivity index (χ1v) is 8.24. The van der Waals surface area contributed by atoms with Gasteiger partial charge < -0.3 is 10.3 Å². The van der Waals surface area contributed by atoms with E-state index in [1.165, 1.54) is 6.07 Å². The van der Waals surface area contributed by atoms with Crippen molar-refractivity contribution >= 4 is 27.7 Å². The molecule has 0 saturated carbocycles. The third kappa shape index (κ3) is 2.65. The zero-order chi connectivity index (χ0) is 19.3. The van der Waals surface area contributed by atoms with Crippen LogP contribution >= 0.6 is 0 Å². The molecule has 0 atom stereocenters. The number of carbonyl (C=O) groups excluding carboxylic acids is 1. The molecule has 0 aliphatic carbocycles. The minimum absolute atomic E-state index is 0.00122. The Morgan fingerprint density at radius 2 is 1.89 bits per heavy atom. The number of primary amides is 1. The number of benzene rings is 3. The molecule has 0 unspecified atom stereocenters. The van der Waals surface area contributed by atoms with Gasteiger partial charge in [0.15, 0.2) is 17.5 Å². The summed E-state index contributed by atoms with van der Waals surface area (Å²) >= 11 is 0. The van der Waals surface area contributed by atoms with E-state index in [9.17, 15) is 18.0 Å². The Hall–Kier alpha value is -3.28. The van der Waals surface area contributed by atoms with Crippen LogP contribution in [0.3, 0.4) is 0 Å². The highest BCUT2D eigenvalue weighted by Gasteiger charge is 2.19. The van der Waals surface area contributed by atoms with Crippen molar-refractivity contribution in [1.29, 1.82) is 0 Å². The topological polar surface area (TPSA) is 48.0 Å². The zero-order valence-corrected chi connectivity index (χ0v) is 14.3. The standard InChI is InChI=1S/C21H14F3N2O/c1-11-5-7-13-17(9-11)26(10-12-6-8-15(22)20(24)19(12)23)16-4-2-3-14(18(13)16)21(25)27/h2-6,8-9H,10H2,1H3,(H2,25,27). The summed E-state index contributed by atoms with van der Waals surface area (Å²) in [7, 11) is 0. The van der Waals surface area contributed by atoms with Gasteiger partial charge in [0.25, 0.3) is 0 Å². The number of aryl methyl sites for hydroxylation is 1. The van der Waals surface area contributed by atoms with Gasteiger partial charge in [-0.2, -0.15) is 0 Å². The summed E-state index contributed by atoms with van der Waals surface area (Å²) in [6, 6.07) is 14.0. The van der Waals surface area contributed by atoms with E-state index in [1.54, 1.807) is 28.8 Å². The molecule has 1 amide bonds. The predicted molar refractivity (Wildman–Crippen MR) is 97.0 cm³/mol. The first-order valence-electron chi connectivity index (χ1n) is 8.24. The van der Waals surface area contributed by atoms with Crippen molar-refractivity contribution in [2.24, 2.45) is 5.73 Å². The number of hydrogen-bond donors (Lipinski definition) is 1. The molecule has 6 heteroatoms. The molecule has 3 aromatic carbocycles. The Bertz CT molecular complexity index is 1230. The van der Waals surface area contributed by atoms with Crippen molar-refractivity contribution in [3.8, 4) is 0 Å². The van der Waals surface area contributed by atoms with Crippen LogP contribution in [0.25, 0.3) is 21.8 Å². The molecule has 0 fully saturated rings. The van der Waals surface area contributed by atoms with Crippen LogP contribution in [0.1, 0.15) is 21.5 Å². The van der Waals surface area contributed by atoms with E-state index in [0.717, 1.165) is 11.6 Å². The van der Waals surface area contributed by atoms with Gasteiger partial charge in [-0.05, 0) is 42.8 Å². The maximum Gasteiger partial charge on any atom is 0.249 e. The highest BCUT2D eigenvalue weighted by Crippen LogP contribution is 2.33. The van der Waals surface area contributed by atoms with Gasteiger partial charge in [-0.1, -0.05) is 18.2 Å². The quantitative estimate of drug-likeness (QED) is 0.534. The molecule has 0 saturated heterocycles. The number of nitrogens with two attached hydrogens (primary N) is 1. The van der Waals surface area contributed by atoms with Gasteiger partial charge in [0.05, 0.1) is 17.6 Å². The molecule has 3 nitrogen and oxygen atoms in total. The highest BCUT2D eigenvalue weighted by molar-refractivity contribution is 6.17. The van der Waals surface area contributed by atoms with E-state index in [2.05, 4.69) is 6.07 Å². The molecule has 4 rings (SSSR count). The normalized spacial score (nSPS) is 11.4. The fourth-order valence-electron chi connectivity index (χ4n) is 3.39. The molecule has 2 N–H and O–H groups in total. The van der Waals surface area contributed by atoms with Crippen LogP contribution in [-0.4, -0.2) is 10.5 Å². The summed E-state index contributed by atoms with van der Waals surface area (Å²) in [6.07, 6.45) is 0. The first kappa shape index (κ1) is 17.1. The Kier molecular flexibility index (Phi) is 3.91. The van der Waals surface area contributed by atoms with Crippen LogP contribution in [0.2, 0.25) is 0 Å². The van der Waals surface area contributed by atoms with Gasteiger partial charge in [0, 0.05) is 21.9 Å². The largest absolute Gasteiger partial charge is 0.366 e. The van der Waals surface area contributed by atoms with Crippen molar-refractivity contribution in [2.75, 3.05) is 0 Å². The second kappa shape index (κ2) is 6.16. The fraction of sp³-hybridized carbons (Fsp3) is 0.0952. The van der Waals surface area contributed by atoms with Gasteiger partial charge in [-0.15, -0.1) is 0 Å². The van der Waals surface area contributed by atoms with Crippen LogP contribution in [0.15, 0.2) is 42.5 Å². The fourth-order valence-corrected chi connectivity index (χ4v) is 3.39. The third-order valence-electron chi connectivity index (χ3n) is 4.65. The third-order valence-corrected chi connectivity index (χ3v) is 4.65. The molecule has 4 aromatic rings. The van der Waals surface area contributed by atoms with E-state index in [1.807, 2.05) is 13.0 Å². The van der Waals surface area contributed by atoms with Gasteiger partial charge in [-0.25, -0.2) is 13.2 Å². The lowest BCUT2D eigenvalue weighted by Gasteiger charge is -2.10. The first-order chi connectivity index (χ1) is 12.9. The SMILES string of the molecule is Cc1c[c]c2c3c(C(N)=O)cccc3n(Cc3ccc(F)c(F)c3F)c2c1. The van der Waals surface area contributed by atoms with Gasteiger partial charge in [-0.3, -0.25) is 4.79 Å². The molecule has 27 heavy (non-hydrogen) atoms. The highest BCUT2D eigenvalue weighted by atomic mass is 19.2. The molecule has 1 heterocycles. The Balaban J connectivity index is 2.05. The summed E-state index contributed by atoms with van der Waals surface area (Å²) < 4.78 is 42.9. The molecule has 135 valence electrons. The number of nitrogens with zero attached hydrogens (tertiary/aromatic N) is 1. The Labute approximate surface area is 152 Å². The lowest BCUT2D eigenvalue weighted by atomic mass is 10.1. The number of carbonyl (C=O) groups is 1. The number of hydrogen-bond acceptors (Lipinski definition) is 1. The minimum Gasteiger partial charge on any atom is -0.366 e. The van der Waals surface area contributed by atoms with Crippen molar-refractivity contribution in [2.45, 2.75) is 13.5 Å². The average Bonchev–Trinajstić information content (AvgIpc) is 2.95. The maximum atomic E-state index is 14.2. The lowest BCUT2D eigenvalue weighted by Crippen LogP contribution is -2.11. The Morgan fingerprint density at radius 3 is 2.63 bits per heavy atom. The van der Waals surface area contributed by atoms with Crippen LogP contribution in [0.4, 0.5) is 13.2 Å². The van der Waals surface area contributed by atoms with E-state index < -0.39 is 23.4 Å². The minimum atomic E-state index is -1.51. The summed E-state index contributed by atoms with van der Waals surface area (Å²) in [5.74, 6) is -4.56. The van der Waals surface area contributed by atoms with Crippen molar-refractivity contribution in [3.63, 3.8) is 0 Å². The molecule has 1 aromatic heterocycles. The van der Waals surface area contributed by atoms with Crippen molar-refractivity contribution in [1.82, 2.24) is 4.57 Å². The van der Waals surface area contributed by atoms with E-state index in [4.69, 9.17) is 5.73 Å². The molecular weight excluding hydrogens is 353 g/mol. The number of aromatic nitrogens is 1. The van der Waals surface area contributed by atoms with Gasteiger partial charge in [0.1, 0.15) is 0 Å². The van der Waals surface area contributed by atoms with E-state index >= 15 is 0 Å². The van der Waals surface area contributed by atoms with Crippen molar-refractivity contribution in [3.05, 3.63) is 82.7 Å². The summed E-state index contributed by atoms with van der Waals surface area (Å²) in [5, 5.41) is 1.26. The van der Waals surface area contributed by atoms with Crippen LogP contribution in [-0.2, 0) is 6.54 Å². The molecular formula is C21H14F3N2O. The van der Waals surface area contributed by atoms with Crippen LogP contribution in [0, 0.1) is 30.4 Å². The monoisotopic (exact) mass is 367 g/mol. The average molecular weight is 367 g/mol. The number of amides is 1. The second-order valence-electron chi connectivity index (χ2n) is 6.42. The van der Waals surface area contributed by atoms with Gasteiger partial charge >= 0.3 is 0 Å². The van der Waals surface area contributed by atoms with Crippen LogP contribution in [0.5, 0.6) is 0 Å². The summed E-state index contributed by atoms with van der Waals surface area (Å²) in [5.41, 5.74) is 8.07. The van der Waals surface area contributed by atoms with Crippen LogP contribution < -0.4 is 5.73 Å². The van der Waals surface area contributed by atoms with E-state index in [-0.39, 0.29) is 12.1 Å². The predicted octanol–water partition coefficient (Wildman–Crippen LogP) is 4.47. The van der Waals surface area contributed by atoms with Gasteiger partial charge in [0.2, 0.25) is 5.91 Å². The summed E-state index contributed by atoms with van der Waals surface area (Å²) in [6.45, 7) is 1.84. The molecule has 0 aliphatic rings. The number of fused-ring (bicyclic) bond motifs is 3. The molecule has 0 bridgehead atoms. The number of halogens is 3. The molecule has 0 spiro atoms. The second-order valence-corrected chi connectivity index (χ2v) is 6.42. The smallest absolute Gasteiger partial charge is 0.249 e. The molecule has 1 radical (unpaired) electrons. The molecule has 0 aliphatic heterocycles. The summed E-state index contributed by atoms with van der Waals surface area (Å²) in [4.78, 5) is 11.9. The zero-order valence-electron chi connectivity index (χ0n) is 14.3. The van der Waals surface area contributed by atoms with Crippen molar-refractivity contribution < 1.29 is 18.0 Å². The van der Waals surface area contributed by atoms with E-state index in [0.29, 0.717) is 27.4 Å². The Morgan fingerprint density at radius 1 is 1.11 bits per heavy atom. The maximum absolute atomic E-state index is 14.2. The number of rotatable bonds is 3.